The zero-order valence-corrected chi connectivity index (χ0v) is 30.4. The number of piperazine rings is 1. The van der Waals surface area contributed by atoms with Crippen molar-refractivity contribution in [1.82, 2.24) is 25.0 Å². The van der Waals surface area contributed by atoms with E-state index in [-0.39, 0.29) is 23.9 Å². The molecule has 1 amide bonds. The maximum atomic E-state index is 13.5. The van der Waals surface area contributed by atoms with E-state index in [1.807, 2.05) is 6.07 Å². The van der Waals surface area contributed by atoms with Crippen molar-refractivity contribution in [3.05, 3.63) is 107 Å². The fourth-order valence-electron chi connectivity index (χ4n) is 7.70. The molecule has 2 saturated heterocycles. The lowest BCUT2D eigenvalue weighted by atomic mass is 9.98. The molecule has 3 heterocycles. The summed E-state index contributed by atoms with van der Waals surface area (Å²) in [6, 6.07) is 28.0. The van der Waals surface area contributed by atoms with Gasteiger partial charge in [0, 0.05) is 51.0 Å². The number of piperidine rings is 1. The molecule has 0 spiro atoms. The quantitative estimate of drug-likeness (QED) is 0.179. The van der Waals surface area contributed by atoms with E-state index >= 15 is 0 Å². The van der Waals surface area contributed by atoms with Crippen LogP contribution in [0.2, 0.25) is 0 Å². The second-order valence-corrected chi connectivity index (χ2v) is 15.1. The lowest BCUT2D eigenvalue weighted by Gasteiger charge is -2.32. The van der Waals surface area contributed by atoms with Crippen molar-refractivity contribution in [2.75, 3.05) is 52.0 Å². The highest BCUT2D eigenvalue weighted by Gasteiger charge is 2.30. The topological polar surface area (TPSA) is 87.0 Å². The summed E-state index contributed by atoms with van der Waals surface area (Å²) >= 11 is 0. The fourth-order valence-corrected chi connectivity index (χ4v) is 7.70. The zero-order valence-electron chi connectivity index (χ0n) is 30.4. The highest BCUT2D eigenvalue weighted by Crippen LogP contribution is 2.28. The first-order valence-electron chi connectivity index (χ1n) is 18.9. The molecule has 2 aliphatic heterocycles. The summed E-state index contributed by atoms with van der Waals surface area (Å²) in [6.45, 7) is 11.7. The molecule has 1 aromatic heterocycles. The Morgan fingerprint density at radius 3 is 1.90 bits per heavy atom. The minimum absolute atomic E-state index is 0.0468. The van der Waals surface area contributed by atoms with E-state index in [2.05, 4.69) is 112 Å². The summed E-state index contributed by atoms with van der Waals surface area (Å²) in [6.07, 6.45) is 7.06. The van der Waals surface area contributed by atoms with Crippen LogP contribution < -0.4 is 11.1 Å². The molecule has 0 bridgehead atoms. The minimum Gasteiger partial charge on any atom is -0.383 e. The van der Waals surface area contributed by atoms with Gasteiger partial charge in [0.05, 0.1) is 24.3 Å². The number of nitrogens with zero attached hydrogens (tertiary/aromatic N) is 4. The van der Waals surface area contributed by atoms with Crippen LogP contribution in [0.1, 0.15) is 66.1 Å². The molecular formula is C43H54N6O2. The zero-order chi connectivity index (χ0) is 35.2. The molecule has 2 atom stereocenters. The third-order valence-corrected chi connectivity index (χ3v) is 11.2. The summed E-state index contributed by atoms with van der Waals surface area (Å²) < 4.78 is 6.40. The van der Waals surface area contributed by atoms with Crippen LogP contribution in [0, 0.1) is 5.92 Å². The van der Waals surface area contributed by atoms with Crippen molar-refractivity contribution in [3.63, 3.8) is 0 Å². The van der Waals surface area contributed by atoms with Gasteiger partial charge in [0.1, 0.15) is 5.82 Å². The summed E-state index contributed by atoms with van der Waals surface area (Å²) in [4.78, 5) is 25.4. The molecule has 1 saturated carbocycles. The second kappa shape index (κ2) is 16.5. The van der Waals surface area contributed by atoms with E-state index in [9.17, 15) is 4.79 Å². The first-order valence-corrected chi connectivity index (χ1v) is 18.9. The molecule has 0 radical (unpaired) electrons. The lowest BCUT2D eigenvalue weighted by molar-refractivity contribution is 0.0272. The number of nitrogens with two attached hydrogens (primary N) is 1. The number of amides is 1. The monoisotopic (exact) mass is 686 g/mol. The molecule has 7 rings (SSSR count). The third kappa shape index (κ3) is 9.24. The van der Waals surface area contributed by atoms with Crippen molar-refractivity contribution in [2.24, 2.45) is 5.92 Å². The van der Waals surface area contributed by atoms with Crippen LogP contribution in [0.4, 0.5) is 5.82 Å². The molecule has 268 valence electrons. The van der Waals surface area contributed by atoms with E-state index in [1.54, 1.807) is 6.20 Å². The first-order chi connectivity index (χ1) is 24.9. The van der Waals surface area contributed by atoms with Gasteiger partial charge in [-0.2, -0.15) is 0 Å². The molecule has 4 aromatic rings. The van der Waals surface area contributed by atoms with Gasteiger partial charge >= 0.3 is 0 Å². The van der Waals surface area contributed by atoms with Crippen LogP contribution in [0.3, 0.4) is 0 Å². The number of anilines is 1. The van der Waals surface area contributed by atoms with Gasteiger partial charge in [-0.25, -0.2) is 4.98 Å². The number of nitrogen functional groups attached to an aromatic ring is 1. The van der Waals surface area contributed by atoms with Crippen LogP contribution in [0.5, 0.6) is 0 Å². The molecule has 1 aliphatic carbocycles. The number of hydrogen-bond donors (Lipinski definition) is 2. The largest absolute Gasteiger partial charge is 0.383 e. The van der Waals surface area contributed by atoms with Crippen molar-refractivity contribution in [2.45, 2.75) is 70.9 Å². The van der Waals surface area contributed by atoms with E-state index in [4.69, 9.17) is 10.5 Å². The number of likely N-dealkylation sites (tertiary alicyclic amines) is 1. The van der Waals surface area contributed by atoms with Crippen LogP contribution in [0.15, 0.2) is 85.1 Å². The minimum atomic E-state index is -0.197. The number of nitrogens with one attached hydrogen (secondary N) is 1. The van der Waals surface area contributed by atoms with Gasteiger partial charge in [0.25, 0.3) is 5.91 Å². The SMILES string of the molecule is CC1CCN(Cc2ccc(-c3cnc(N)c(C(=O)N[C@H]4CCC[C@@H]4OCc4ccc(-c5ccc(CN6CCN(C)CC6)cc5)cc4)c3)cc2)CC1. The van der Waals surface area contributed by atoms with Gasteiger partial charge in [0.15, 0.2) is 0 Å². The number of rotatable bonds is 11. The average molecular weight is 687 g/mol. The fraction of sp³-hybridized carbons (Fsp3) is 0.442. The van der Waals surface area contributed by atoms with Gasteiger partial charge in [0.2, 0.25) is 0 Å². The van der Waals surface area contributed by atoms with E-state index in [0.29, 0.717) is 12.2 Å². The molecule has 0 unspecified atom stereocenters. The van der Waals surface area contributed by atoms with E-state index in [1.165, 1.54) is 35.1 Å². The smallest absolute Gasteiger partial charge is 0.255 e. The predicted molar refractivity (Wildman–Crippen MR) is 206 cm³/mol. The number of benzene rings is 3. The lowest BCUT2D eigenvalue weighted by Crippen LogP contribution is -2.43. The number of pyridine rings is 1. The number of ether oxygens (including phenoxy) is 1. The van der Waals surface area contributed by atoms with E-state index in [0.717, 1.165) is 94.2 Å². The maximum Gasteiger partial charge on any atom is 0.255 e. The summed E-state index contributed by atoms with van der Waals surface area (Å²) in [5.41, 5.74) is 14.8. The Balaban J connectivity index is 0.908. The highest BCUT2D eigenvalue weighted by molar-refractivity contribution is 5.99. The third-order valence-electron chi connectivity index (χ3n) is 11.2. The van der Waals surface area contributed by atoms with Gasteiger partial charge in [-0.3, -0.25) is 14.6 Å². The molecule has 3 fully saturated rings. The molecule has 3 aliphatic rings. The number of carbonyl (C=O) groups is 1. The molecule has 51 heavy (non-hydrogen) atoms. The van der Waals surface area contributed by atoms with Crippen molar-refractivity contribution >= 4 is 11.7 Å². The Hall–Kier alpha value is -4.08. The Morgan fingerprint density at radius 1 is 0.745 bits per heavy atom. The van der Waals surface area contributed by atoms with Crippen LogP contribution in [0.25, 0.3) is 22.3 Å². The molecule has 8 nitrogen and oxygen atoms in total. The maximum absolute atomic E-state index is 13.5. The molecular weight excluding hydrogens is 633 g/mol. The molecule has 3 N–H and O–H groups in total. The number of likely N-dealkylation sites (N-methyl/N-ethyl adjacent to an activating group) is 1. The number of aromatic nitrogens is 1. The average Bonchev–Trinajstić information content (AvgIpc) is 3.60. The van der Waals surface area contributed by atoms with Crippen LogP contribution >= 0.6 is 0 Å². The Kier molecular flexibility index (Phi) is 11.4. The molecule has 3 aromatic carbocycles. The van der Waals surface area contributed by atoms with Gasteiger partial charge in [-0.1, -0.05) is 79.7 Å². The number of carbonyl (C=O) groups excluding carboxylic acids is 1. The first kappa shape index (κ1) is 35.3. The summed E-state index contributed by atoms with van der Waals surface area (Å²) in [5, 5.41) is 3.23. The Bertz CT molecular complexity index is 1730. The predicted octanol–water partition coefficient (Wildman–Crippen LogP) is 6.84. The van der Waals surface area contributed by atoms with Gasteiger partial charge < -0.3 is 20.7 Å². The van der Waals surface area contributed by atoms with Crippen LogP contribution in [-0.2, 0) is 24.4 Å². The van der Waals surface area contributed by atoms with Gasteiger partial charge in [-0.05, 0) is 97.6 Å². The number of hydrogen-bond acceptors (Lipinski definition) is 7. The molecule has 8 heteroatoms. The van der Waals surface area contributed by atoms with Crippen LogP contribution in [-0.4, -0.2) is 84.1 Å². The normalized spacial score (nSPS) is 20.8. The van der Waals surface area contributed by atoms with Crippen molar-refractivity contribution < 1.29 is 9.53 Å². The van der Waals surface area contributed by atoms with Gasteiger partial charge in [-0.15, -0.1) is 0 Å². The van der Waals surface area contributed by atoms with Crippen molar-refractivity contribution in [3.8, 4) is 22.3 Å². The van der Waals surface area contributed by atoms with Crippen molar-refractivity contribution in [1.29, 1.82) is 0 Å². The highest BCUT2D eigenvalue weighted by atomic mass is 16.5. The summed E-state index contributed by atoms with van der Waals surface area (Å²) in [5.74, 6) is 0.875. The Labute approximate surface area is 304 Å². The van der Waals surface area contributed by atoms with E-state index < -0.39 is 0 Å². The Morgan fingerprint density at radius 2 is 1.29 bits per heavy atom. The second-order valence-electron chi connectivity index (χ2n) is 15.1. The summed E-state index contributed by atoms with van der Waals surface area (Å²) in [7, 11) is 2.20. The standard InChI is InChI=1S/C43H54N6O2/c1-31-18-20-48(21-19-31)28-32-8-14-37(15-9-32)38-26-39(42(44)45-27-38)43(50)46-40-4-3-5-41(40)51-30-34-10-16-36(17-11-34)35-12-6-33(7-13-35)29-49-24-22-47(2)23-25-49/h6-17,26-27,31,40-41H,3-5,18-25,28-30H2,1-2H3,(H2,44,45)(H,46,50)/t40-,41-/m0/s1.